The third-order valence-electron chi connectivity index (χ3n) is 3.32. The highest BCUT2D eigenvalue weighted by Crippen LogP contribution is 2.25. The fourth-order valence-corrected chi connectivity index (χ4v) is 2.18. The zero-order chi connectivity index (χ0) is 14.5. The number of nitrogens with two attached hydrogens (primary N) is 1. The second-order valence-corrected chi connectivity index (χ2v) is 5.95. The molecule has 0 spiro atoms. The number of amides is 1. The maximum atomic E-state index is 12.4. The lowest BCUT2D eigenvalue weighted by Crippen LogP contribution is -2.37. The van der Waals surface area contributed by atoms with Gasteiger partial charge in [0.2, 0.25) is 0 Å². The van der Waals surface area contributed by atoms with Gasteiger partial charge in [0.25, 0.3) is 5.91 Å². The van der Waals surface area contributed by atoms with E-state index >= 15 is 0 Å². The molecule has 0 radical (unpaired) electrons. The van der Waals surface area contributed by atoms with Crippen LogP contribution >= 0.6 is 0 Å². The Hall–Kier alpha value is -1.35. The van der Waals surface area contributed by atoms with Gasteiger partial charge in [-0.1, -0.05) is 45.9 Å². The molecule has 1 rings (SSSR count). The van der Waals surface area contributed by atoms with E-state index in [0.29, 0.717) is 6.54 Å². The summed E-state index contributed by atoms with van der Waals surface area (Å²) in [6.07, 6.45) is 1.72. The number of hydrogen-bond donors (Lipinski definition) is 2. The molecule has 0 heterocycles. The summed E-state index contributed by atoms with van der Waals surface area (Å²) < 4.78 is 0. The SMILES string of the molecule is CCC(CCN)NC(=O)c1ccccc1C(C)(C)C. The standard InChI is InChI=1S/C16H26N2O/c1-5-12(10-11-17)18-15(19)13-8-6-7-9-14(13)16(2,3)4/h6-9,12H,5,10-11,17H2,1-4H3,(H,18,19). The molecule has 0 fully saturated rings. The lowest BCUT2D eigenvalue weighted by molar-refractivity contribution is 0.0932. The molecule has 0 saturated carbocycles. The number of carbonyl (C=O) groups excluding carboxylic acids is 1. The minimum atomic E-state index is -0.0382. The Bertz CT molecular complexity index is 421. The van der Waals surface area contributed by atoms with Crippen LogP contribution in [0.1, 0.15) is 56.5 Å². The number of carbonyl (C=O) groups is 1. The lowest BCUT2D eigenvalue weighted by atomic mass is 9.83. The third-order valence-corrected chi connectivity index (χ3v) is 3.32. The first-order valence-electron chi connectivity index (χ1n) is 7.00. The van der Waals surface area contributed by atoms with Crippen molar-refractivity contribution in [2.24, 2.45) is 5.73 Å². The van der Waals surface area contributed by atoms with Crippen molar-refractivity contribution in [1.82, 2.24) is 5.32 Å². The van der Waals surface area contributed by atoms with Crippen LogP contribution in [0.3, 0.4) is 0 Å². The fourth-order valence-electron chi connectivity index (χ4n) is 2.18. The van der Waals surface area contributed by atoms with Crippen molar-refractivity contribution < 1.29 is 4.79 Å². The van der Waals surface area contributed by atoms with E-state index in [2.05, 4.69) is 33.0 Å². The van der Waals surface area contributed by atoms with Crippen LogP contribution in [0, 0.1) is 0 Å². The topological polar surface area (TPSA) is 55.1 Å². The zero-order valence-corrected chi connectivity index (χ0v) is 12.5. The summed E-state index contributed by atoms with van der Waals surface area (Å²) >= 11 is 0. The fraction of sp³-hybridized carbons (Fsp3) is 0.562. The van der Waals surface area contributed by atoms with Crippen LogP contribution < -0.4 is 11.1 Å². The summed E-state index contributed by atoms with van der Waals surface area (Å²) in [5.74, 6) is 0.00539. The van der Waals surface area contributed by atoms with E-state index in [4.69, 9.17) is 5.73 Å². The molecule has 106 valence electrons. The van der Waals surface area contributed by atoms with E-state index in [1.807, 2.05) is 24.3 Å². The van der Waals surface area contributed by atoms with E-state index in [1.165, 1.54) is 0 Å². The van der Waals surface area contributed by atoms with E-state index in [1.54, 1.807) is 0 Å². The van der Waals surface area contributed by atoms with Crippen molar-refractivity contribution in [1.29, 1.82) is 0 Å². The highest BCUT2D eigenvalue weighted by atomic mass is 16.1. The summed E-state index contributed by atoms with van der Waals surface area (Å²) in [6, 6.07) is 7.97. The molecule has 1 amide bonds. The van der Waals surface area contributed by atoms with Gasteiger partial charge in [0.05, 0.1) is 0 Å². The first-order chi connectivity index (χ1) is 8.90. The highest BCUT2D eigenvalue weighted by Gasteiger charge is 2.22. The lowest BCUT2D eigenvalue weighted by Gasteiger charge is -2.24. The van der Waals surface area contributed by atoms with E-state index in [0.717, 1.165) is 24.0 Å². The van der Waals surface area contributed by atoms with Gasteiger partial charge in [-0.2, -0.15) is 0 Å². The predicted octanol–water partition coefficient (Wildman–Crippen LogP) is 2.84. The molecule has 3 N–H and O–H groups in total. The van der Waals surface area contributed by atoms with Gasteiger partial charge < -0.3 is 11.1 Å². The molecule has 0 aliphatic heterocycles. The quantitative estimate of drug-likeness (QED) is 0.857. The molecule has 1 aromatic carbocycles. The van der Waals surface area contributed by atoms with E-state index < -0.39 is 0 Å². The molecule has 1 aromatic rings. The Labute approximate surface area is 116 Å². The largest absolute Gasteiger partial charge is 0.349 e. The molecule has 0 aliphatic rings. The molecular formula is C16H26N2O. The van der Waals surface area contributed by atoms with Crippen LogP contribution in [0.5, 0.6) is 0 Å². The Morgan fingerprint density at radius 1 is 1.32 bits per heavy atom. The van der Waals surface area contributed by atoms with E-state index in [-0.39, 0.29) is 17.4 Å². The van der Waals surface area contributed by atoms with Crippen molar-refractivity contribution in [3.05, 3.63) is 35.4 Å². The Morgan fingerprint density at radius 3 is 2.47 bits per heavy atom. The molecule has 3 nitrogen and oxygen atoms in total. The molecule has 0 saturated heterocycles. The predicted molar refractivity (Wildman–Crippen MR) is 80.4 cm³/mol. The highest BCUT2D eigenvalue weighted by molar-refractivity contribution is 5.96. The second-order valence-electron chi connectivity index (χ2n) is 5.95. The van der Waals surface area contributed by atoms with Crippen molar-refractivity contribution in [3.8, 4) is 0 Å². The van der Waals surface area contributed by atoms with Gasteiger partial charge in [0, 0.05) is 11.6 Å². The molecule has 1 unspecified atom stereocenters. The maximum Gasteiger partial charge on any atom is 0.251 e. The molecule has 0 aromatic heterocycles. The van der Waals surface area contributed by atoms with Crippen molar-refractivity contribution in [2.75, 3.05) is 6.54 Å². The van der Waals surface area contributed by atoms with Crippen LogP contribution in [0.4, 0.5) is 0 Å². The van der Waals surface area contributed by atoms with Gasteiger partial charge in [-0.05, 0) is 36.4 Å². The van der Waals surface area contributed by atoms with Crippen LogP contribution in [0.25, 0.3) is 0 Å². The minimum Gasteiger partial charge on any atom is -0.349 e. The maximum absolute atomic E-state index is 12.4. The Kier molecular flexibility index (Phi) is 5.55. The summed E-state index contributed by atoms with van der Waals surface area (Å²) in [5.41, 5.74) is 7.38. The van der Waals surface area contributed by atoms with Crippen LogP contribution in [-0.4, -0.2) is 18.5 Å². The summed E-state index contributed by atoms with van der Waals surface area (Å²) in [6.45, 7) is 9.03. The molecule has 1 atom stereocenters. The van der Waals surface area contributed by atoms with Gasteiger partial charge in [-0.3, -0.25) is 4.79 Å². The van der Waals surface area contributed by atoms with Gasteiger partial charge >= 0.3 is 0 Å². The van der Waals surface area contributed by atoms with Crippen LogP contribution in [0.15, 0.2) is 24.3 Å². The zero-order valence-electron chi connectivity index (χ0n) is 12.5. The number of hydrogen-bond acceptors (Lipinski definition) is 2. The summed E-state index contributed by atoms with van der Waals surface area (Å²) in [4.78, 5) is 12.4. The minimum absolute atomic E-state index is 0.00539. The Morgan fingerprint density at radius 2 is 1.95 bits per heavy atom. The molecule has 3 heteroatoms. The first-order valence-corrected chi connectivity index (χ1v) is 7.00. The monoisotopic (exact) mass is 262 g/mol. The molecule has 19 heavy (non-hydrogen) atoms. The average Bonchev–Trinajstić information content (AvgIpc) is 2.37. The van der Waals surface area contributed by atoms with Crippen LogP contribution in [-0.2, 0) is 5.41 Å². The molecule has 0 aliphatic carbocycles. The first kappa shape index (κ1) is 15.7. The van der Waals surface area contributed by atoms with Crippen molar-refractivity contribution in [2.45, 2.75) is 52.0 Å². The summed E-state index contributed by atoms with van der Waals surface area (Å²) in [7, 11) is 0. The van der Waals surface area contributed by atoms with Gasteiger partial charge in [0.1, 0.15) is 0 Å². The van der Waals surface area contributed by atoms with E-state index in [9.17, 15) is 4.79 Å². The third kappa shape index (κ3) is 4.35. The normalized spacial score (nSPS) is 13.1. The molecule has 0 bridgehead atoms. The smallest absolute Gasteiger partial charge is 0.251 e. The second kappa shape index (κ2) is 6.71. The van der Waals surface area contributed by atoms with Gasteiger partial charge in [0.15, 0.2) is 0 Å². The van der Waals surface area contributed by atoms with Gasteiger partial charge in [-0.15, -0.1) is 0 Å². The van der Waals surface area contributed by atoms with Crippen molar-refractivity contribution >= 4 is 5.91 Å². The van der Waals surface area contributed by atoms with Gasteiger partial charge in [-0.25, -0.2) is 0 Å². The number of rotatable bonds is 5. The summed E-state index contributed by atoms with van der Waals surface area (Å²) in [5, 5.41) is 3.08. The average molecular weight is 262 g/mol. The van der Waals surface area contributed by atoms with Crippen molar-refractivity contribution in [3.63, 3.8) is 0 Å². The molecular weight excluding hydrogens is 236 g/mol. The number of nitrogens with one attached hydrogen (secondary N) is 1. The van der Waals surface area contributed by atoms with Crippen LogP contribution in [0.2, 0.25) is 0 Å². The Balaban J connectivity index is 2.94. The number of benzene rings is 1.